The van der Waals surface area contributed by atoms with Crippen LogP contribution in [-0.2, 0) is 13.1 Å². The highest BCUT2D eigenvalue weighted by Crippen LogP contribution is 2.18. The number of rotatable bonds is 5. The first-order chi connectivity index (χ1) is 13.1. The second-order valence-electron chi connectivity index (χ2n) is 7.30. The first kappa shape index (κ1) is 17.8. The molecule has 0 bridgehead atoms. The van der Waals surface area contributed by atoms with Crippen molar-refractivity contribution in [1.82, 2.24) is 29.9 Å². The van der Waals surface area contributed by atoms with Crippen LogP contribution in [0.3, 0.4) is 0 Å². The van der Waals surface area contributed by atoms with Gasteiger partial charge in [0.05, 0.1) is 18.6 Å². The minimum Gasteiger partial charge on any atom is -0.383 e. The smallest absolute Gasteiger partial charge is 0.240 e. The van der Waals surface area contributed by atoms with Crippen molar-refractivity contribution in [3.63, 3.8) is 0 Å². The molecule has 2 N–H and O–H groups in total. The summed E-state index contributed by atoms with van der Waals surface area (Å²) >= 11 is 0. The Morgan fingerprint density at radius 2 is 1.70 bits per heavy atom. The van der Waals surface area contributed by atoms with Crippen LogP contribution in [-0.4, -0.2) is 56.1 Å². The maximum absolute atomic E-state index is 6.09. The summed E-state index contributed by atoms with van der Waals surface area (Å²) < 4.78 is 5.35. The summed E-state index contributed by atoms with van der Waals surface area (Å²) in [6.07, 6.45) is 0. The molecule has 8 nitrogen and oxygen atoms in total. The van der Waals surface area contributed by atoms with Crippen LogP contribution in [0.25, 0.3) is 10.9 Å². The topological polar surface area (TPSA) is 97.2 Å². The standard InChI is InChI=1S/C19H25N7O/c1-13(2)19-23-17(27-24-19)12-26-9-7-25(8-10-26)11-16-21-15-6-4-3-5-14(15)18(20)22-16/h3-6,13H,7-12H2,1-2H3,(H2,20,21,22). The fourth-order valence-corrected chi connectivity index (χ4v) is 3.29. The molecule has 8 heteroatoms. The average Bonchev–Trinajstić information content (AvgIpc) is 3.12. The number of benzene rings is 1. The summed E-state index contributed by atoms with van der Waals surface area (Å²) in [7, 11) is 0. The number of nitrogens with zero attached hydrogens (tertiary/aromatic N) is 6. The Morgan fingerprint density at radius 1 is 1.00 bits per heavy atom. The second kappa shape index (κ2) is 7.58. The summed E-state index contributed by atoms with van der Waals surface area (Å²) in [4.78, 5) is 18.3. The molecule has 1 aliphatic heterocycles. The number of nitrogen functional groups attached to an aromatic ring is 1. The lowest BCUT2D eigenvalue weighted by Crippen LogP contribution is -2.45. The van der Waals surface area contributed by atoms with Crippen LogP contribution in [0.1, 0.15) is 37.3 Å². The number of piperazine rings is 1. The predicted octanol–water partition coefficient (Wildman–Crippen LogP) is 2.04. The average molecular weight is 367 g/mol. The van der Waals surface area contributed by atoms with Crippen LogP contribution in [0, 0.1) is 0 Å². The van der Waals surface area contributed by atoms with E-state index < -0.39 is 0 Å². The fourth-order valence-electron chi connectivity index (χ4n) is 3.29. The molecular weight excluding hydrogens is 342 g/mol. The van der Waals surface area contributed by atoms with E-state index in [9.17, 15) is 0 Å². The Bertz CT molecular complexity index is 915. The molecule has 1 aromatic carbocycles. The summed E-state index contributed by atoms with van der Waals surface area (Å²) in [5.74, 6) is 3.07. The second-order valence-corrected chi connectivity index (χ2v) is 7.30. The van der Waals surface area contributed by atoms with Crippen LogP contribution in [0.15, 0.2) is 28.8 Å². The van der Waals surface area contributed by atoms with Gasteiger partial charge in [-0.1, -0.05) is 31.1 Å². The van der Waals surface area contributed by atoms with Crippen LogP contribution >= 0.6 is 0 Å². The Morgan fingerprint density at radius 3 is 2.41 bits per heavy atom. The molecule has 0 saturated carbocycles. The molecule has 1 saturated heterocycles. The quantitative estimate of drug-likeness (QED) is 0.732. The number of anilines is 1. The molecule has 0 amide bonds. The van der Waals surface area contributed by atoms with Crippen molar-refractivity contribution in [2.75, 3.05) is 31.9 Å². The Kier molecular flexibility index (Phi) is 5.00. The van der Waals surface area contributed by atoms with Gasteiger partial charge in [-0.05, 0) is 12.1 Å². The van der Waals surface area contributed by atoms with E-state index >= 15 is 0 Å². The van der Waals surface area contributed by atoms with Gasteiger partial charge < -0.3 is 10.3 Å². The third-order valence-electron chi connectivity index (χ3n) is 4.87. The molecule has 0 radical (unpaired) electrons. The van der Waals surface area contributed by atoms with Crippen molar-refractivity contribution in [1.29, 1.82) is 0 Å². The number of hydrogen-bond donors (Lipinski definition) is 1. The van der Waals surface area contributed by atoms with E-state index in [1.165, 1.54) is 0 Å². The van der Waals surface area contributed by atoms with E-state index in [-0.39, 0.29) is 5.92 Å². The third kappa shape index (κ3) is 4.06. The molecule has 0 aliphatic carbocycles. The Labute approximate surface area is 158 Å². The van der Waals surface area contributed by atoms with E-state index in [1.807, 2.05) is 24.3 Å². The molecule has 3 aromatic rings. The van der Waals surface area contributed by atoms with E-state index in [0.717, 1.165) is 48.7 Å². The van der Waals surface area contributed by atoms with Gasteiger partial charge in [0.15, 0.2) is 5.82 Å². The molecule has 0 spiro atoms. The molecule has 27 heavy (non-hydrogen) atoms. The minimum atomic E-state index is 0.286. The monoisotopic (exact) mass is 367 g/mol. The third-order valence-corrected chi connectivity index (χ3v) is 4.87. The van der Waals surface area contributed by atoms with Gasteiger partial charge in [0.2, 0.25) is 5.89 Å². The Hall–Kier alpha value is -2.58. The molecular formula is C19H25N7O. The lowest BCUT2D eigenvalue weighted by molar-refractivity contribution is 0.110. The van der Waals surface area contributed by atoms with Gasteiger partial charge in [-0.15, -0.1) is 0 Å². The van der Waals surface area contributed by atoms with E-state index in [4.69, 9.17) is 10.3 Å². The van der Waals surface area contributed by atoms with Gasteiger partial charge in [0, 0.05) is 37.5 Å². The SMILES string of the molecule is CC(C)c1noc(CN2CCN(Cc3nc(N)c4ccccc4n3)CC2)n1. The number of para-hydroxylation sites is 1. The van der Waals surface area contributed by atoms with Gasteiger partial charge in [-0.25, -0.2) is 9.97 Å². The van der Waals surface area contributed by atoms with Crippen molar-refractivity contribution in [3.8, 4) is 0 Å². The fraction of sp³-hybridized carbons (Fsp3) is 0.474. The maximum Gasteiger partial charge on any atom is 0.240 e. The first-order valence-corrected chi connectivity index (χ1v) is 9.37. The van der Waals surface area contributed by atoms with E-state index in [1.54, 1.807) is 0 Å². The highest BCUT2D eigenvalue weighted by Gasteiger charge is 2.20. The van der Waals surface area contributed by atoms with Gasteiger partial charge >= 0.3 is 0 Å². The maximum atomic E-state index is 6.09. The molecule has 4 rings (SSSR count). The normalized spacial score (nSPS) is 16.4. The predicted molar refractivity (Wildman–Crippen MR) is 103 cm³/mol. The molecule has 2 aromatic heterocycles. The van der Waals surface area contributed by atoms with Crippen LogP contribution in [0.4, 0.5) is 5.82 Å². The van der Waals surface area contributed by atoms with Gasteiger partial charge in [-0.2, -0.15) is 4.98 Å². The van der Waals surface area contributed by atoms with Crippen molar-refractivity contribution in [2.45, 2.75) is 32.9 Å². The molecule has 0 atom stereocenters. The van der Waals surface area contributed by atoms with Gasteiger partial charge in [0.25, 0.3) is 0 Å². The lowest BCUT2D eigenvalue weighted by atomic mass is 10.2. The van der Waals surface area contributed by atoms with Crippen LogP contribution in [0.5, 0.6) is 0 Å². The van der Waals surface area contributed by atoms with Gasteiger partial charge in [0.1, 0.15) is 11.6 Å². The molecule has 3 heterocycles. The van der Waals surface area contributed by atoms with Gasteiger partial charge in [-0.3, -0.25) is 9.80 Å². The summed E-state index contributed by atoms with van der Waals surface area (Å²) in [5.41, 5.74) is 6.99. The highest BCUT2D eigenvalue weighted by atomic mass is 16.5. The molecule has 142 valence electrons. The molecule has 0 unspecified atom stereocenters. The number of hydrogen-bond acceptors (Lipinski definition) is 8. The van der Waals surface area contributed by atoms with E-state index in [2.05, 4.69) is 43.8 Å². The van der Waals surface area contributed by atoms with Crippen LogP contribution in [0.2, 0.25) is 0 Å². The van der Waals surface area contributed by atoms with E-state index in [0.29, 0.717) is 24.8 Å². The zero-order valence-corrected chi connectivity index (χ0v) is 15.8. The number of aromatic nitrogens is 4. The summed E-state index contributed by atoms with van der Waals surface area (Å²) in [5, 5.41) is 4.94. The summed E-state index contributed by atoms with van der Waals surface area (Å²) in [6.45, 7) is 9.32. The van der Waals surface area contributed by atoms with Crippen molar-refractivity contribution >= 4 is 16.7 Å². The van der Waals surface area contributed by atoms with Crippen LogP contribution < -0.4 is 5.73 Å². The highest BCUT2D eigenvalue weighted by molar-refractivity contribution is 5.87. The largest absolute Gasteiger partial charge is 0.383 e. The molecule has 1 aliphatic rings. The Balaban J connectivity index is 1.34. The lowest BCUT2D eigenvalue weighted by Gasteiger charge is -2.33. The van der Waals surface area contributed by atoms with Crippen molar-refractivity contribution < 1.29 is 4.52 Å². The summed E-state index contributed by atoms with van der Waals surface area (Å²) in [6, 6.07) is 7.86. The van der Waals surface area contributed by atoms with Crippen molar-refractivity contribution in [2.24, 2.45) is 0 Å². The minimum absolute atomic E-state index is 0.286. The zero-order chi connectivity index (χ0) is 18.8. The number of fused-ring (bicyclic) bond motifs is 1. The first-order valence-electron chi connectivity index (χ1n) is 9.37. The van der Waals surface area contributed by atoms with Crippen molar-refractivity contribution in [3.05, 3.63) is 41.8 Å². The zero-order valence-electron chi connectivity index (χ0n) is 15.8. The number of nitrogens with two attached hydrogens (primary N) is 1. The molecule has 1 fully saturated rings.